The van der Waals surface area contributed by atoms with E-state index in [1.54, 1.807) is 30.5 Å². The molecule has 1 aromatic heterocycles. The summed E-state index contributed by atoms with van der Waals surface area (Å²) in [4.78, 5) is 10.7. The van der Waals surface area contributed by atoms with E-state index in [2.05, 4.69) is 10.2 Å². The van der Waals surface area contributed by atoms with Crippen molar-refractivity contribution in [2.75, 3.05) is 0 Å². The number of aromatic nitrogens is 2. The Bertz CT molecular complexity index is 537. The standard InChI is InChI=1S/C13H15N3O3/c14-12(18)7-11(17)13(19)9-3-1-8(2-4-9)10-5-6-15-16-10/h1-6,11,13,17,19H,7H2,(H2,14,18)(H,15,16). The number of nitrogens with two attached hydrogens (primary N) is 1. The fourth-order valence-electron chi connectivity index (χ4n) is 1.82. The van der Waals surface area contributed by atoms with Gasteiger partial charge in [-0.15, -0.1) is 0 Å². The average Bonchev–Trinajstić information content (AvgIpc) is 2.91. The average molecular weight is 261 g/mol. The van der Waals surface area contributed by atoms with Crippen molar-refractivity contribution in [2.45, 2.75) is 18.6 Å². The number of nitrogens with zero attached hydrogens (tertiary/aromatic N) is 1. The van der Waals surface area contributed by atoms with Crippen LogP contribution in [0.4, 0.5) is 0 Å². The second-order valence-electron chi connectivity index (χ2n) is 4.27. The zero-order valence-corrected chi connectivity index (χ0v) is 10.2. The fourth-order valence-corrected chi connectivity index (χ4v) is 1.82. The number of aliphatic hydroxyl groups is 2. The number of benzene rings is 1. The van der Waals surface area contributed by atoms with Crippen LogP contribution in [0.1, 0.15) is 18.1 Å². The number of aliphatic hydroxyl groups excluding tert-OH is 2. The molecule has 0 aliphatic carbocycles. The van der Waals surface area contributed by atoms with Gasteiger partial charge >= 0.3 is 0 Å². The Hall–Kier alpha value is -2.18. The molecule has 0 aliphatic heterocycles. The Labute approximate surface area is 109 Å². The molecule has 0 radical (unpaired) electrons. The van der Waals surface area contributed by atoms with Gasteiger partial charge in [0, 0.05) is 6.20 Å². The van der Waals surface area contributed by atoms with Crippen molar-refractivity contribution in [3.63, 3.8) is 0 Å². The van der Waals surface area contributed by atoms with Gasteiger partial charge in [-0.05, 0) is 17.2 Å². The van der Waals surface area contributed by atoms with Gasteiger partial charge in [0.15, 0.2) is 0 Å². The van der Waals surface area contributed by atoms with Gasteiger partial charge in [0.1, 0.15) is 6.10 Å². The molecule has 6 nitrogen and oxygen atoms in total. The van der Waals surface area contributed by atoms with Crippen LogP contribution in [0.2, 0.25) is 0 Å². The molecule has 0 saturated heterocycles. The summed E-state index contributed by atoms with van der Waals surface area (Å²) in [7, 11) is 0. The molecule has 1 aromatic carbocycles. The molecule has 100 valence electrons. The van der Waals surface area contributed by atoms with Gasteiger partial charge in [-0.25, -0.2) is 0 Å². The fraction of sp³-hybridized carbons (Fsp3) is 0.231. The molecule has 1 heterocycles. The summed E-state index contributed by atoms with van der Waals surface area (Å²) in [5.74, 6) is -0.652. The van der Waals surface area contributed by atoms with E-state index in [-0.39, 0.29) is 6.42 Å². The molecule has 2 atom stereocenters. The lowest BCUT2D eigenvalue weighted by atomic mass is 10.00. The Morgan fingerprint density at radius 2 is 1.95 bits per heavy atom. The number of carbonyl (C=O) groups is 1. The van der Waals surface area contributed by atoms with Crippen LogP contribution in [0.3, 0.4) is 0 Å². The molecule has 0 bridgehead atoms. The molecular weight excluding hydrogens is 246 g/mol. The van der Waals surface area contributed by atoms with E-state index in [4.69, 9.17) is 5.73 Å². The first-order valence-electron chi connectivity index (χ1n) is 5.82. The maximum absolute atomic E-state index is 10.7. The third-order valence-corrected chi connectivity index (χ3v) is 2.84. The highest BCUT2D eigenvalue weighted by molar-refractivity contribution is 5.74. The first kappa shape index (κ1) is 13.3. The summed E-state index contributed by atoms with van der Waals surface area (Å²) >= 11 is 0. The summed E-state index contributed by atoms with van der Waals surface area (Å²) < 4.78 is 0. The van der Waals surface area contributed by atoms with E-state index in [0.717, 1.165) is 11.3 Å². The van der Waals surface area contributed by atoms with E-state index in [9.17, 15) is 15.0 Å². The molecule has 2 aromatic rings. The Morgan fingerprint density at radius 1 is 1.26 bits per heavy atom. The first-order valence-corrected chi connectivity index (χ1v) is 5.82. The lowest BCUT2D eigenvalue weighted by molar-refractivity contribution is -0.121. The number of hydrogen-bond acceptors (Lipinski definition) is 4. The number of nitrogens with one attached hydrogen (secondary N) is 1. The van der Waals surface area contributed by atoms with Crippen LogP contribution in [0.15, 0.2) is 36.5 Å². The third kappa shape index (κ3) is 3.18. The van der Waals surface area contributed by atoms with Crippen molar-refractivity contribution >= 4 is 5.91 Å². The molecule has 1 amide bonds. The molecule has 0 saturated carbocycles. The van der Waals surface area contributed by atoms with Crippen LogP contribution in [0.25, 0.3) is 11.3 Å². The van der Waals surface area contributed by atoms with Gasteiger partial charge in [-0.2, -0.15) is 5.10 Å². The molecule has 6 heteroatoms. The molecular formula is C13H15N3O3. The lowest BCUT2D eigenvalue weighted by Crippen LogP contribution is -2.25. The summed E-state index contributed by atoms with van der Waals surface area (Å²) in [6.07, 6.45) is -0.961. The molecule has 5 N–H and O–H groups in total. The topological polar surface area (TPSA) is 112 Å². The Balaban J connectivity index is 2.12. The van der Waals surface area contributed by atoms with Gasteiger partial charge in [0.25, 0.3) is 0 Å². The largest absolute Gasteiger partial charge is 0.390 e. The van der Waals surface area contributed by atoms with Crippen molar-refractivity contribution in [1.29, 1.82) is 0 Å². The van der Waals surface area contributed by atoms with Gasteiger partial charge in [0.2, 0.25) is 5.91 Å². The quantitative estimate of drug-likeness (QED) is 0.622. The summed E-state index contributed by atoms with van der Waals surface area (Å²) in [6, 6.07) is 8.79. The van der Waals surface area contributed by atoms with Crippen LogP contribution in [-0.2, 0) is 4.79 Å². The highest BCUT2D eigenvalue weighted by atomic mass is 16.3. The number of hydrogen-bond donors (Lipinski definition) is 4. The molecule has 2 rings (SSSR count). The summed E-state index contributed by atoms with van der Waals surface area (Å²) in [6.45, 7) is 0. The molecule has 0 fully saturated rings. The highest BCUT2D eigenvalue weighted by Crippen LogP contribution is 2.22. The first-order chi connectivity index (χ1) is 9.08. The lowest BCUT2D eigenvalue weighted by Gasteiger charge is -2.17. The minimum absolute atomic E-state index is 0.274. The van der Waals surface area contributed by atoms with Crippen LogP contribution in [-0.4, -0.2) is 32.4 Å². The number of primary amides is 1. The number of aromatic amines is 1. The minimum atomic E-state index is -1.20. The number of rotatable bonds is 5. The third-order valence-electron chi connectivity index (χ3n) is 2.84. The smallest absolute Gasteiger partial charge is 0.220 e. The van der Waals surface area contributed by atoms with E-state index in [1.807, 2.05) is 6.07 Å². The Morgan fingerprint density at radius 3 is 2.47 bits per heavy atom. The Kier molecular flexibility index (Phi) is 3.94. The molecule has 0 spiro atoms. The van der Waals surface area contributed by atoms with Gasteiger partial charge in [-0.3, -0.25) is 9.89 Å². The minimum Gasteiger partial charge on any atom is -0.390 e. The van der Waals surface area contributed by atoms with E-state index in [1.165, 1.54) is 0 Å². The summed E-state index contributed by atoms with van der Waals surface area (Å²) in [5.41, 5.74) is 7.28. The van der Waals surface area contributed by atoms with Crippen LogP contribution < -0.4 is 5.73 Å². The van der Waals surface area contributed by atoms with Crippen molar-refractivity contribution in [2.24, 2.45) is 5.73 Å². The van der Waals surface area contributed by atoms with E-state index in [0.29, 0.717) is 5.56 Å². The predicted octanol–water partition coefficient (Wildman–Crippen LogP) is 0.346. The maximum atomic E-state index is 10.7. The van der Waals surface area contributed by atoms with Gasteiger partial charge in [0.05, 0.1) is 18.2 Å². The molecule has 2 unspecified atom stereocenters. The monoisotopic (exact) mass is 261 g/mol. The van der Waals surface area contributed by atoms with Crippen molar-refractivity contribution in [1.82, 2.24) is 10.2 Å². The van der Waals surface area contributed by atoms with Crippen molar-refractivity contribution < 1.29 is 15.0 Å². The number of H-pyrrole nitrogens is 1. The van der Waals surface area contributed by atoms with E-state index < -0.39 is 18.1 Å². The highest BCUT2D eigenvalue weighted by Gasteiger charge is 2.20. The van der Waals surface area contributed by atoms with Crippen LogP contribution >= 0.6 is 0 Å². The molecule has 0 aliphatic rings. The van der Waals surface area contributed by atoms with Gasteiger partial charge in [-0.1, -0.05) is 24.3 Å². The summed E-state index contributed by atoms with van der Waals surface area (Å²) in [5, 5.41) is 26.2. The normalized spacial score (nSPS) is 14.0. The molecule has 19 heavy (non-hydrogen) atoms. The zero-order valence-electron chi connectivity index (χ0n) is 10.2. The van der Waals surface area contributed by atoms with Crippen LogP contribution in [0, 0.1) is 0 Å². The van der Waals surface area contributed by atoms with E-state index >= 15 is 0 Å². The number of amides is 1. The predicted molar refractivity (Wildman–Crippen MR) is 68.8 cm³/mol. The SMILES string of the molecule is NC(=O)CC(O)C(O)c1ccc(-c2ccn[nH]2)cc1. The van der Waals surface area contributed by atoms with Crippen molar-refractivity contribution in [3.8, 4) is 11.3 Å². The maximum Gasteiger partial charge on any atom is 0.220 e. The second kappa shape index (κ2) is 5.64. The van der Waals surface area contributed by atoms with Gasteiger partial charge < -0.3 is 15.9 Å². The van der Waals surface area contributed by atoms with Crippen molar-refractivity contribution in [3.05, 3.63) is 42.1 Å². The zero-order chi connectivity index (χ0) is 13.8. The number of carbonyl (C=O) groups excluding carboxylic acids is 1. The second-order valence-corrected chi connectivity index (χ2v) is 4.27. The van der Waals surface area contributed by atoms with Crippen LogP contribution in [0.5, 0.6) is 0 Å².